The normalized spacial score (nSPS) is 15.2. The summed E-state index contributed by atoms with van der Waals surface area (Å²) in [6.07, 6.45) is 1.50. The Kier molecular flexibility index (Phi) is 7.79. The number of carbonyl (C=O) groups excluding carboxylic acids is 2. The lowest BCUT2D eigenvalue weighted by Gasteiger charge is -2.27. The van der Waals surface area contributed by atoms with E-state index < -0.39 is 21.7 Å². The zero-order valence-electron chi connectivity index (χ0n) is 14.6. The molecule has 2 unspecified atom stereocenters. The number of carbonyl (C=O) groups is 2. The van der Waals surface area contributed by atoms with Crippen LogP contribution in [-0.4, -0.2) is 33.6 Å². The molecule has 0 N–H and O–H groups in total. The van der Waals surface area contributed by atoms with Gasteiger partial charge >= 0.3 is 11.9 Å². The minimum Gasteiger partial charge on any atom is -0.459 e. The maximum atomic E-state index is 12.0. The second kappa shape index (κ2) is 8.06. The summed E-state index contributed by atoms with van der Waals surface area (Å²) in [6.45, 7) is 15.0. The van der Waals surface area contributed by atoms with Crippen molar-refractivity contribution in [2.75, 3.05) is 0 Å². The van der Waals surface area contributed by atoms with Gasteiger partial charge in [-0.15, -0.1) is 11.8 Å². The molecule has 0 aliphatic carbocycles. The first-order chi connectivity index (χ1) is 9.44. The molecular weight excluding hydrogens is 288 g/mol. The van der Waals surface area contributed by atoms with Crippen LogP contribution < -0.4 is 0 Å². The van der Waals surface area contributed by atoms with Crippen LogP contribution in [0.4, 0.5) is 0 Å². The minimum absolute atomic E-state index is 0.291. The van der Waals surface area contributed by atoms with Crippen LogP contribution in [0.2, 0.25) is 0 Å². The molecule has 21 heavy (non-hydrogen) atoms. The Morgan fingerprint density at radius 1 is 0.857 bits per heavy atom. The molecule has 0 aliphatic heterocycles. The zero-order valence-corrected chi connectivity index (χ0v) is 15.4. The number of thioether (sulfide) groups is 1. The second-order valence-electron chi connectivity index (χ2n) is 6.49. The van der Waals surface area contributed by atoms with Gasteiger partial charge in [-0.2, -0.15) is 0 Å². The van der Waals surface area contributed by atoms with E-state index in [-0.39, 0.29) is 11.9 Å². The lowest BCUT2D eigenvalue weighted by molar-refractivity contribution is -0.155. The van der Waals surface area contributed by atoms with Crippen molar-refractivity contribution in [2.45, 2.75) is 89.9 Å². The van der Waals surface area contributed by atoms with Crippen molar-refractivity contribution in [1.82, 2.24) is 0 Å². The fourth-order valence-corrected chi connectivity index (χ4v) is 2.20. The van der Waals surface area contributed by atoms with E-state index in [9.17, 15) is 9.59 Å². The van der Waals surface area contributed by atoms with Gasteiger partial charge in [0.15, 0.2) is 0 Å². The molecule has 0 aromatic heterocycles. The Hall–Kier alpha value is -0.710. The van der Waals surface area contributed by atoms with Crippen LogP contribution in [-0.2, 0) is 19.1 Å². The van der Waals surface area contributed by atoms with Crippen LogP contribution >= 0.6 is 11.8 Å². The Morgan fingerprint density at radius 3 is 1.38 bits per heavy atom. The summed E-state index contributed by atoms with van der Waals surface area (Å²) < 4.78 is 10.9. The highest BCUT2D eigenvalue weighted by Gasteiger charge is 2.30. The highest BCUT2D eigenvalue weighted by Crippen LogP contribution is 2.25. The monoisotopic (exact) mass is 318 g/mol. The van der Waals surface area contributed by atoms with Gasteiger partial charge in [-0.3, -0.25) is 9.59 Å². The molecule has 0 saturated heterocycles. The van der Waals surface area contributed by atoms with Crippen LogP contribution in [0.5, 0.6) is 0 Å². The van der Waals surface area contributed by atoms with Gasteiger partial charge in [0, 0.05) is 0 Å². The summed E-state index contributed by atoms with van der Waals surface area (Å²) in [6, 6.07) is 0. The molecule has 0 fully saturated rings. The lowest BCUT2D eigenvalue weighted by atomic mass is 10.1. The van der Waals surface area contributed by atoms with Crippen molar-refractivity contribution in [1.29, 1.82) is 0 Å². The number of ether oxygens (including phenoxy) is 2. The highest BCUT2D eigenvalue weighted by molar-refractivity contribution is 8.01. The van der Waals surface area contributed by atoms with Crippen LogP contribution in [0.15, 0.2) is 0 Å². The second-order valence-corrected chi connectivity index (χ2v) is 8.18. The van der Waals surface area contributed by atoms with E-state index in [1.807, 2.05) is 41.5 Å². The van der Waals surface area contributed by atoms with E-state index in [1.165, 1.54) is 11.8 Å². The minimum atomic E-state index is -0.472. The Labute approximate surface area is 133 Å². The van der Waals surface area contributed by atoms with E-state index in [0.717, 1.165) is 12.8 Å². The third-order valence-corrected chi connectivity index (χ3v) is 4.73. The van der Waals surface area contributed by atoms with Gasteiger partial charge < -0.3 is 9.47 Å². The van der Waals surface area contributed by atoms with Gasteiger partial charge in [0.25, 0.3) is 0 Å². The largest absolute Gasteiger partial charge is 0.459 e. The smallest absolute Gasteiger partial charge is 0.319 e. The molecule has 0 aromatic rings. The molecular formula is C16H30O4S. The number of hydrogen-bond acceptors (Lipinski definition) is 5. The fourth-order valence-electron chi connectivity index (χ4n) is 1.27. The maximum absolute atomic E-state index is 12.0. The lowest BCUT2D eigenvalue weighted by Crippen LogP contribution is -2.34. The summed E-state index contributed by atoms with van der Waals surface area (Å²) in [5, 5.41) is -0.800. The predicted octanol–water partition coefficient (Wildman–Crippen LogP) is 3.96. The van der Waals surface area contributed by atoms with E-state index in [0.29, 0.717) is 0 Å². The number of esters is 2. The standard InChI is InChI=1S/C16H30O4S/c1-9-15(5,6)19-13(17)11(3)21-12(4)14(18)20-16(7,8)10-2/h11-12H,9-10H2,1-8H3. The van der Waals surface area contributed by atoms with E-state index in [2.05, 4.69) is 0 Å². The van der Waals surface area contributed by atoms with Crippen LogP contribution in [0, 0.1) is 0 Å². The summed E-state index contributed by atoms with van der Waals surface area (Å²) in [5.74, 6) is -0.581. The summed E-state index contributed by atoms with van der Waals surface area (Å²) in [4.78, 5) is 24.0. The third-order valence-electron chi connectivity index (χ3n) is 3.53. The van der Waals surface area contributed by atoms with Crippen LogP contribution in [0.3, 0.4) is 0 Å². The molecule has 0 saturated carbocycles. The quantitative estimate of drug-likeness (QED) is 0.634. The summed E-state index contributed by atoms with van der Waals surface area (Å²) in [7, 11) is 0. The van der Waals surface area contributed by atoms with Crippen molar-refractivity contribution in [2.24, 2.45) is 0 Å². The average molecular weight is 318 g/mol. The number of hydrogen-bond donors (Lipinski definition) is 0. The zero-order chi connectivity index (χ0) is 16.8. The third kappa shape index (κ3) is 7.74. The van der Waals surface area contributed by atoms with E-state index in [1.54, 1.807) is 13.8 Å². The topological polar surface area (TPSA) is 52.6 Å². The van der Waals surface area contributed by atoms with Crippen LogP contribution in [0.25, 0.3) is 0 Å². The van der Waals surface area contributed by atoms with E-state index >= 15 is 0 Å². The molecule has 0 amide bonds. The summed E-state index contributed by atoms with van der Waals surface area (Å²) in [5.41, 5.74) is -0.945. The van der Waals surface area contributed by atoms with Crippen LogP contribution in [0.1, 0.15) is 68.2 Å². The molecule has 0 heterocycles. The van der Waals surface area contributed by atoms with Gasteiger partial charge in [-0.1, -0.05) is 13.8 Å². The van der Waals surface area contributed by atoms with Crippen molar-refractivity contribution in [3.63, 3.8) is 0 Å². The Morgan fingerprint density at radius 2 is 1.14 bits per heavy atom. The molecule has 0 rings (SSSR count). The molecule has 5 heteroatoms. The molecule has 2 atom stereocenters. The van der Waals surface area contributed by atoms with Crippen molar-refractivity contribution in [3.05, 3.63) is 0 Å². The summed E-state index contributed by atoms with van der Waals surface area (Å²) >= 11 is 1.27. The Balaban J connectivity index is 4.47. The van der Waals surface area contributed by atoms with Crippen molar-refractivity contribution >= 4 is 23.7 Å². The first-order valence-corrected chi connectivity index (χ1v) is 8.49. The Bertz CT molecular complexity index is 329. The van der Waals surface area contributed by atoms with Crippen molar-refractivity contribution < 1.29 is 19.1 Å². The van der Waals surface area contributed by atoms with Gasteiger partial charge in [-0.05, 0) is 54.4 Å². The first-order valence-electron chi connectivity index (χ1n) is 7.55. The van der Waals surface area contributed by atoms with E-state index in [4.69, 9.17) is 9.47 Å². The number of rotatable bonds is 8. The predicted molar refractivity (Wildman–Crippen MR) is 87.4 cm³/mol. The SMILES string of the molecule is CCC(C)(C)OC(=O)C(C)SC(C)C(=O)OC(C)(C)CC. The molecule has 0 spiro atoms. The van der Waals surface area contributed by atoms with Gasteiger partial charge in [0.2, 0.25) is 0 Å². The molecule has 4 nitrogen and oxygen atoms in total. The fraction of sp³-hybridized carbons (Fsp3) is 0.875. The molecule has 124 valence electrons. The van der Waals surface area contributed by atoms with Gasteiger partial charge in [0.1, 0.15) is 21.7 Å². The molecule has 0 radical (unpaired) electrons. The average Bonchev–Trinajstić information content (AvgIpc) is 2.37. The van der Waals surface area contributed by atoms with Gasteiger partial charge in [0.05, 0.1) is 0 Å². The molecule has 0 aliphatic rings. The van der Waals surface area contributed by atoms with Gasteiger partial charge in [-0.25, -0.2) is 0 Å². The maximum Gasteiger partial charge on any atom is 0.319 e. The van der Waals surface area contributed by atoms with Crippen molar-refractivity contribution in [3.8, 4) is 0 Å². The first kappa shape index (κ1) is 20.3. The highest BCUT2D eigenvalue weighted by atomic mass is 32.2. The molecule has 0 aromatic carbocycles. The molecule has 0 bridgehead atoms.